The molecule has 0 atom stereocenters. The number of nitrogens with one attached hydrogen (secondary N) is 2. The molecule has 3 aromatic rings. The Kier molecular flexibility index (Phi) is 6.88. The van der Waals surface area contributed by atoms with Gasteiger partial charge >= 0.3 is 0 Å². The molecule has 0 spiro atoms. The quantitative estimate of drug-likeness (QED) is 0.461. The van der Waals surface area contributed by atoms with Gasteiger partial charge in [-0.25, -0.2) is 4.68 Å². The van der Waals surface area contributed by atoms with Crippen molar-refractivity contribution in [3.63, 3.8) is 0 Å². The average Bonchev–Trinajstić information content (AvgIpc) is 3.09. The summed E-state index contributed by atoms with van der Waals surface area (Å²) in [5.41, 5.74) is 5.53. The van der Waals surface area contributed by atoms with Gasteiger partial charge in [-0.05, 0) is 41.9 Å². The monoisotopic (exact) mass is 403 g/mol. The van der Waals surface area contributed by atoms with Crippen LogP contribution in [0.5, 0.6) is 0 Å². The number of halogens is 1. The number of benzene rings is 2. The molecule has 0 aliphatic heterocycles. The molecule has 26 heavy (non-hydrogen) atoms. The van der Waals surface area contributed by atoms with Gasteiger partial charge in [0.15, 0.2) is 5.11 Å². The first kappa shape index (κ1) is 18.7. The average molecular weight is 404 g/mol. The first-order chi connectivity index (χ1) is 12.7. The molecular weight excluding hydrogens is 386 g/mol. The van der Waals surface area contributed by atoms with Crippen LogP contribution in [0.25, 0.3) is 0 Å². The van der Waals surface area contributed by atoms with Gasteiger partial charge in [-0.2, -0.15) is 0 Å². The molecule has 0 saturated heterocycles. The Bertz CT molecular complexity index is 836. The lowest BCUT2D eigenvalue weighted by Crippen LogP contribution is -2.35. The lowest BCUT2D eigenvalue weighted by Gasteiger charge is -2.12. The molecule has 8 heteroatoms. The molecule has 0 amide bonds. The van der Waals surface area contributed by atoms with Crippen molar-refractivity contribution in [2.45, 2.75) is 17.3 Å². The van der Waals surface area contributed by atoms with Gasteiger partial charge in [0.05, 0.1) is 0 Å². The normalized spacial score (nSPS) is 10.5. The molecule has 0 aliphatic rings. The molecule has 2 aromatic carbocycles. The second kappa shape index (κ2) is 9.56. The van der Waals surface area contributed by atoms with E-state index in [1.807, 2.05) is 42.5 Å². The largest absolute Gasteiger partial charge is 0.361 e. The van der Waals surface area contributed by atoms with Crippen molar-refractivity contribution >= 4 is 40.7 Å². The minimum absolute atomic E-state index is 0.536. The third kappa shape index (κ3) is 5.72. The highest BCUT2D eigenvalue weighted by Crippen LogP contribution is 2.21. The predicted molar refractivity (Wildman–Crippen MR) is 111 cm³/mol. The van der Waals surface area contributed by atoms with Crippen molar-refractivity contribution in [3.8, 4) is 0 Å². The highest BCUT2D eigenvalue weighted by atomic mass is 35.5. The molecule has 0 bridgehead atoms. The summed E-state index contributed by atoms with van der Waals surface area (Å²) in [5.74, 6) is 0.770. The number of hydrogen-bond acceptors (Lipinski definition) is 4. The van der Waals surface area contributed by atoms with Crippen molar-refractivity contribution in [3.05, 3.63) is 77.1 Å². The maximum absolute atomic E-state index is 5.91. The molecule has 0 saturated carbocycles. The third-order valence-electron chi connectivity index (χ3n) is 3.56. The van der Waals surface area contributed by atoms with E-state index in [2.05, 4.69) is 33.1 Å². The Morgan fingerprint density at radius 3 is 2.62 bits per heavy atom. The Hall–Kier alpha value is -2.09. The number of aromatic nitrogens is 3. The predicted octanol–water partition coefficient (Wildman–Crippen LogP) is 3.88. The highest BCUT2D eigenvalue weighted by Gasteiger charge is 2.07. The topological polar surface area (TPSA) is 54.8 Å². The second-order valence-corrected chi connectivity index (χ2v) is 7.29. The fraction of sp³-hybridized carbons (Fsp3) is 0.167. The molecule has 0 fully saturated rings. The summed E-state index contributed by atoms with van der Waals surface area (Å²) in [6.45, 7) is 0.755. The van der Waals surface area contributed by atoms with Crippen LogP contribution >= 0.6 is 35.6 Å². The first-order valence-electron chi connectivity index (χ1n) is 8.07. The molecule has 0 radical (unpaired) electrons. The fourth-order valence-electron chi connectivity index (χ4n) is 2.24. The van der Waals surface area contributed by atoms with Crippen LogP contribution in [0, 0.1) is 0 Å². The second-order valence-electron chi connectivity index (χ2n) is 5.50. The van der Waals surface area contributed by atoms with Crippen molar-refractivity contribution in [1.29, 1.82) is 0 Å². The Balaban J connectivity index is 1.46. The van der Waals surface area contributed by atoms with E-state index < -0.39 is 0 Å². The lowest BCUT2D eigenvalue weighted by molar-refractivity contribution is 0.804. The van der Waals surface area contributed by atoms with Crippen LogP contribution in [0.3, 0.4) is 0 Å². The molecule has 134 valence electrons. The zero-order valence-corrected chi connectivity index (χ0v) is 16.3. The van der Waals surface area contributed by atoms with Crippen LogP contribution in [0.1, 0.15) is 11.1 Å². The van der Waals surface area contributed by atoms with Gasteiger partial charge in [0.1, 0.15) is 6.33 Å². The summed E-state index contributed by atoms with van der Waals surface area (Å²) < 4.78 is 1.72. The van der Waals surface area contributed by atoms with Crippen LogP contribution in [0.4, 0.5) is 0 Å². The number of hydrogen-bond donors (Lipinski definition) is 2. The lowest BCUT2D eigenvalue weighted by atomic mass is 10.1. The molecule has 1 aromatic heterocycles. The van der Waals surface area contributed by atoms with Crippen LogP contribution in [-0.2, 0) is 12.2 Å². The van der Waals surface area contributed by atoms with Crippen molar-refractivity contribution < 1.29 is 0 Å². The fourth-order valence-corrected chi connectivity index (χ4v) is 3.39. The van der Waals surface area contributed by atoms with Crippen LogP contribution in [-0.4, -0.2) is 26.5 Å². The van der Waals surface area contributed by atoms with Gasteiger partial charge in [0, 0.05) is 17.3 Å². The first-order valence-corrected chi connectivity index (χ1v) is 9.84. The van der Waals surface area contributed by atoms with E-state index in [0.717, 1.165) is 34.5 Å². The van der Waals surface area contributed by atoms with E-state index in [1.54, 1.807) is 22.8 Å². The number of nitrogens with zero attached hydrogens (tertiary/aromatic N) is 3. The molecule has 0 aliphatic carbocycles. The van der Waals surface area contributed by atoms with Crippen LogP contribution in [0.2, 0.25) is 5.02 Å². The van der Waals surface area contributed by atoms with Gasteiger partial charge < -0.3 is 5.32 Å². The summed E-state index contributed by atoms with van der Waals surface area (Å²) >= 11 is 12.8. The minimum Gasteiger partial charge on any atom is -0.361 e. The van der Waals surface area contributed by atoms with E-state index in [4.69, 9.17) is 23.8 Å². The summed E-state index contributed by atoms with van der Waals surface area (Å²) in [7, 11) is 0. The van der Waals surface area contributed by atoms with E-state index in [9.17, 15) is 0 Å². The highest BCUT2D eigenvalue weighted by molar-refractivity contribution is 7.98. The number of thiocarbonyl (C=S) groups is 1. The summed E-state index contributed by atoms with van der Waals surface area (Å²) in [4.78, 5) is 0. The third-order valence-corrected chi connectivity index (χ3v) is 5.06. The van der Waals surface area contributed by atoms with Crippen molar-refractivity contribution in [2.75, 3.05) is 12.0 Å². The molecular formula is C18H18ClN5S2. The Morgan fingerprint density at radius 2 is 1.85 bits per heavy atom. The minimum atomic E-state index is 0.536. The number of rotatable bonds is 7. The zero-order valence-electron chi connectivity index (χ0n) is 13.9. The maximum Gasteiger partial charge on any atom is 0.210 e. The van der Waals surface area contributed by atoms with Gasteiger partial charge in [-0.15, -0.1) is 10.2 Å². The summed E-state index contributed by atoms with van der Waals surface area (Å²) in [6.07, 6.45) is 2.51. The van der Waals surface area contributed by atoms with Crippen molar-refractivity contribution in [1.82, 2.24) is 20.2 Å². The Morgan fingerprint density at radius 1 is 1.08 bits per heavy atom. The van der Waals surface area contributed by atoms with Gasteiger partial charge in [0.25, 0.3) is 0 Å². The van der Waals surface area contributed by atoms with Crippen molar-refractivity contribution in [2.24, 2.45) is 0 Å². The Labute approximate surface area is 167 Å². The van der Waals surface area contributed by atoms with Crippen LogP contribution in [0.15, 0.2) is 66.1 Å². The standard InChI is InChI=1S/C18H18ClN5S2/c19-16-8-6-15(7-9-16)12-26-18-22-21-13-24(18)23-17(25)20-11-10-14-4-2-1-3-5-14/h1-9,13H,10-12H2,(H2,20,23,25). The molecule has 5 nitrogen and oxygen atoms in total. The number of thioether (sulfide) groups is 1. The summed E-state index contributed by atoms with van der Waals surface area (Å²) in [6, 6.07) is 18.0. The zero-order chi connectivity index (χ0) is 18.2. The molecule has 3 rings (SSSR count). The van der Waals surface area contributed by atoms with Gasteiger partial charge in [-0.3, -0.25) is 5.43 Å². The van der Waals surface area contributed by atoms with E-state index >= 15 is 0 Å². The maximum atomic E-state index is 5.91. The van der Waals surface area contributed by atoms with E-state index in [0.29, 0.717) is 5.11 Å². The SMILES string of the molecule is S=C(NCCc1ccccc1)Nn1cnnc1SCc1ccc(Cl)cc1. The molecule has 1 heterocycles. The van der Waals surface area contributed by atoms with Crippen LogP contribution < -0.4 is 10.7 Å². The van der Waals surface area contributed by atoms with Gasteiger partial charge in [0.2, 0.25) is 5.16 Å². The molecule has 0 unspecified atom stereocenters. The van der Waals surface area contributed by atoms with E-state index in [-0.39, 0.29) is 0 Å². The summed E-state index contributed by atoms with van der Waals surface area (Å²) in [5, 5.41) is 13.3. The smallest absolute Gasteiger partial charge is 0.210 e. The van der Waals surface area contributed by atoms with E-state index in [1.165, 1.54) is 5.56 Å². The molecule has 2 N–H and O–H groups in total. The van der Waals surface area contributed by atoms with Gasteiger partial charge in [-0.1, -0.05) is 65.8 Å².